The first-order chi connectivity index (χ1) is 17.5. The van der Waals surface area contributed by atoms with Gasteiger partial charge in [-0.2, -0.15) is 9.97 Å². The molecule has 0 unspecified atom stereocenters. The summed E-state index contributed by atoms with van der Waals surface area (Å²) in [5.41, 5.74) is 4.16. The maximum atomic E-state index is 12.4. The molecule has 0 aromatic carbocycles. The van der Waals surface area contributed by atoms with E-state index in [0.717, 1.165) is 36.9 Å². The quantitative estimate of drug-likeness (QED) is 0.0805. The SMILES string of the molecule is C=C/C(=C\C=C(/C)Nc1nc(NC2CCCCC2)c2nc[nH]c2n1)C(=O)NCCCCCC(=O)NO. The number of amides is 2. The van der Waals surface area contributed by atoms with Gasteiger partial charge >= 0.3 is 0 Å². The van der Waals surface area contributed by atoms with Gasteiger partial charge in [0.05, 0.1) is 6.33 Å². The van der Waals surface area contributed by atoms with Crippen LogP contribution in [0, 0.1) is 0 Å². The van der Waals surface area contributed by atoms with Crippen molar-refractivity contribution in [3.05, 3.63) is 42.4 Å². The summed E-state index contributed by atoms with van der Waals surface area (Å²) >= 11 is 0. The van der Waals surface area contributed by atoms with E-state index in [-0.39, 0.29) is 12.3 Å². The summed E-state index contributed by atoms with van der Waals surface area (Å²) in [7, 11) is 0. The minimum Gasteiger partial charge on any atom is -0.365 e. The van der Waals surface area contributed by atoms with E-state index in [1.165, 1.54) is 25.3 Å². The number of hydrogen-bond donors (Lipinski definition) is 6. The number of unbranched alkanes of at least 4 members (excludes halogenated alkanes) is 2. The monoisotopic (exact) mass is 496 g/mol. The number of carbonyl (C=O) groups excluding carboxylic acids is 2. The van der Waals surface area contributed by atoms with E-state index in [9.17, 15) is 9.59 Å². The van der Waals surface area contributed by atoms with Crippen molar-refractivity contribution in [3.63, 3.8) is 0 Å². The number of aromatic nitrogens is 4. The van der Waals surface area contributed by atoms with Crippen molar-refractivity contribution in [3.8, 4) is 0 Å². The second-order valence-corrected chi connectivity index (χ2v) is 8.88. The van der Waals surface area contributed by atoms with Gasteiger partial charge in [0.25, 0.3) is 5.91 Å². The van der Waals surface area contributed by atoms with Gasteiger partial charge in [-0.3, -0.25) is 14.8 Å². The lowest BCUT2D eigenvalue weighted by molar-refractivity contribution is -0.129. The Balaban J connectivity index is 1.56. The van der Waals surface area contributed by atoms with Gasteiger partial charge in [-0.15, -0.1) is 0 Å². The lowest BCUT2D eigenvalue weighted by Gasteiger charge is -2.23. The van der Waals surface area contributed by atoms with Crippen molar-refractivity contribution in [2.45, 2.75) is 70.8 Å². The van der Waals surface area contributed by atoms with Crippen molar-refractivity contribution in [1.29, 1.82) is 0 Å². The molecule has 0 saturated heterocycles. The van der Waals surface area contributed by atoms with Crippen LogP contribution in [0.4, 0.5) is 11.8 Å². The molecule has 0 aliphatic heterocycles. The smallest absolute Gasteiger partial charge is 0.251 e. The second-order valence-electron chi connectivity index (χ2n) is 8.88. The highest BCUT2D eigenvalue weighted by atomic mass is 16.5. The molecule has 3 rings (SSSR count). The number of fused-ring (bicyclic) bond motifs is 1. The van der Waals surface area contributed by atoms with Gasteiger partial charge < -0.3 is 20.9 Å². The van der Waals surface area contributed by atoms with Gasteiger partial charge in [0.15, 0.2) is 11.5 Å². The molecule has 36 heavy (non-hydrogen) atoms. The van der Waals surface area contributed by atoms with E-state index < -0.39 is 5.91 Å². The van der Waals surface area contributed by atoms with Gasteiger partial charge in [-0.25, -0.2) is 10.5 Å². The summed E-state index contributed by atoms with van der Waals surface area (Å²) in [6, 6.07) is 0.384. The van der Waals surface area contributed by atoms with E-state index in [1.807, 2.05) is 6.92 Å². The van der Waals surface area contributed by atoms with Crippen molar-refractivity contribution in [2.75, 3.05) is 17.2 Å². The standard InChI is InChI=1S/C25H36N8O3/c1-3-18(24(35)26-15-9-5-8-12-20(34)33-36)14-13-17(2)29-25-31-22-21(27-16-28-22)23(32-25)30-19-10-6-4-7-11-19/h3,13-14,16,19,36H,1,4-12,15H2,2H3,(H,26,35)(H,33,34)(H3,27,28,29,30,31,32)/b17-13+,18-14+. The number of nitrogens with zero attached hydrogens (tertiary/aromatic N) is 3. The molecule has 1 aliphatic rings. The third-order valence-electron chi connectivity index (χ3n) is 6.02. The van der Waals surface area contributed by atoms with E-state index in [1.54, 1.807) is 24.0 Å². The summed E-state index contributed by atoms with van der Waals surface area (Å²) in [4.78, 5) is 40.0. The predicted octanol–water partition coefficient (Wildman–Crippen LogP) is 3.71. The summed E-state index contributed by atoms with van der Waals surface area (Å²) in [5.74, 6) is 0.517. The number of aromatic amines is 1. The van der Waals surface area contributed by atoms with Crippen LogP contribution in [-0.4, -0.2) is 49.5 Å². The maximum absolute atomic E-state index is 12.4. The van der Waals surface area contributed by atoms with Crippen LogP contribution in [0.5, 0.6) is 0 Å². The van der Waals surface area contributed by atoms with Crippen LogP contribution in [0.3, 0.4) is 0 Å². The number of imidazole rings is 1. The van der Waals surface area contributed by atoms with Gasteiger partial charge in [0.1, 0.15) is 5.52 Å². The highest BCUT2D eigenvalue weighted by Crippen LogP contribution is 2.25. The molecule has 1 aliphatic carbocycles. The lowest BCUT2D eigenvalue weighted by atomic mass is 9.95. The number of H-pyrrole nitrogens is 1. The van der Waals surface area contributed by atoms with Crippen molar-refractivity contribution >= 4 is 34.7 Å². The summed E-state index contributed by atoms with van der Waals surface area (Å²) < 4.78 is 0. The fraction of sp³-hybridized carbons (Fsp3) is 0.480. The Morgan fingerprint density at radius 2 is 1.97 bits per heavy atom. The van der Waals surface area contributed by atoms with E-state index in [0.29, 0.717) is 42.0 Å². The molecule has 0 bridgehead atoms. The minimum absolute atomic E-state index is 0.226. The molecule has 0 atom stereocenters. The largest absolute Gasteiger partial charge is 0.365 e. The first kappa shape index (κ1) is 26.9. The molecule has 2 aromatic heterocycles. The van der Waals surface area contributed by atoms with Crippen LogP contribution < -0.4 is 21.4 Å². The molecular weight excluding hydrogens is 460 g/mol. The molecule has 1 fully saturated rings. The molecule has 2 heterocycles. The molecule has 6 N–H and O–H groups in total. The Morgan fingerprint density at radius 3 is 2.72 bits per heavy atom. The molecule has 2 amide bonds. The van der Waals surface area contributed by atoms with Crippen LogP contribution in [0.25, 0.3) is 11.2 Å². The van der Waals surface area contributed by atoms with Gasteiger partial charge in [0, 0.05) is 30.3 Å². The van der Waals surface area contributed by atoms with Crippen LogP contribution >= 0.6 is 0 Å². The number of hydrogen-bond acceptors (Lipinski definition) is 8. The second kappa shape index (κ2) is 14.0. The van der Waals surface area contributed by atoms with E-state index in [4.69, 9.17) is 5.21 Å². The van der Waals surface area contributed by atoms with Crippen LogP contribution in [-0.2, 0) is 9.59 Å². The Bertz CT molecular complexity index is 1100. The van der Waals surface area contributed by atoms with Crippen LogP contribution in [0.15, 0.2) is 42.4 Å². The summed E-state index contributed by atoms with van der Waals surface area (Å²) in [6.07, 6.45) is 14.9. The van der Waals surface area contributed by atoms with E-state index in [2.05, 4.69) is 42.5 Å². The molecule has 1 saturated carbocycles. The van der Waals surface area contributed by atoms with Gasteiger partial charge in [-0.05, 0) is 44.8 Å². The normalized spacial score (nSPS) is 14.9. The number of rotatable bonds is 13. The molecular formula is C25H36N8O3. The van der Waals surface area contributed by atoms with Crippen LogP contribution in [0.2, 0.25) is 0 Å². The molecule has 11 heteroatoms. The zero-order valence-electron chi connectivity index (χ0n) is 20.8. The number of anilines is 2. The van der Waals surface area contributed by atoms with Gasteiger partial charge in [-0.1, -0.05) is 38.3 Å². The number of allylic oxidation sites excluding steroid dienone is 3. The zero-order valence-corrected chi connectivity index (χ0v) is 20.8. The highest BCUT2D eigenvalue weighted by Gasteiger charge is 2.17. The highest BCUT2D eigenvalue weighted by molar-refractivity contribution is 5.96. The average molecular weight is 497 g/mol. The topological polar surface area (TPSA) is 157 Å². The first-order valence-electron chi connectivity index (χ1n) is 12.5. The molecule has 2 aromatic rings. The maximum Gasteiger partial charge on any atom is 0.251 e. The van der Waals surface area contributed by atoms with Gasteiger partial charge in [0.2, 0.25) is 11.9 Å². The molecule has 194 valence electrons. The van der Waals surface area contributed by atoms with Crippen LogP contribution in [0.1, 0.15) is 64.7 Å². The Labute approximate surface area is 210 Å². The first-order valence-corrected chi connectivity index (χ1v) is 12.5. The third-order valence-corrected chi connectivity index (χ3v) is 6.02. The predicted molar refractivity (Wildman–Crippen MR) is 139 cm³/mol. The fourth-order valence-corrected chi connectivity index (χ4v) is 4.05. The number of carbonyl (C=O) groups is 2. The molecule has 0 radical (unpaired) electrons. The summed E-state index contributed by atoms with van der Waals surface area (Å²) in [6.45, 7) is 6.09. The van der Waals surface area contributed by atoms with Crippen molar-refractivity contribution < 1.29 is 14.8 Å². The van der Waals surface area contributed by atoms with Crippen molar-refractivity contribution in [1.82, 2.24) is 30.7 Å². The average Bonchev–Trinajstić information content (AvgIpc) is 3.36. The lowest BCUT2D eigenvalue weighted by Crippen LogP contribution is -2.25. The number of hydroxylamine groups is 1. The Morgan fingerprint density at radius 1 is 1.17 bits per heavy atom. The fourth-order valence-electron chi connectivity index (χ4n) is 4.05. The summed E-state index contributed by atoms with van der Waals surface area (Å²) in [5, 5.41) is 18.1. The van der Waals surface area contributed by atoms with Crippen molar-refractivity contribution in [2.24, 2.45) is 0 Å². The zero-order chi connectivity index (χ0) is 25.8. The number of nitrogens with one attached hydrogen (secondary N) is 5. The molecule has 11 nitrogen and oxygen atoms in total. The Kier molecular flexibility index (Phi) is 10.4. The third kappa shape index (κ3) is 8.19. The molecule has 0 spiro atoms. The Hall–Kier alpha value is -3.73. The van der Waals surface area contributed by atoms with E-state index >= 15 is 0 Å². The minimum atomic E-state index is -0.404.